The van der Waals surface area contributed by atoms with E-state index in [-0.39, 0.29) is 30.1 Å². The van der Waals surface area contributed by atoms with E-state index >= 15 is 0 Å². The molecule has 1 aliphatic heterocycles. The minimum Gasteiger partial charge on any atom is -0.489 e. The molecular formula is C21H33NO6S2. The molecule has 1 heterocycles. The van der Waals surface area contributed by atoms with Gasteiger partial charge in [0.15, 0.2) is 5.78 Å². The van der Waals surface area contributed by atoms with Gasteiger partial charge in [0.2, 0.25) is 0 Å². The van der Waals surface area contributed by atoms with Crippen molar-refractivity contribution in [1.82, 2.24) is 4.90 Å². The predicted octanol–water partition coefficient (Wildman–Crippen LogP) is 2.22. The molecule has 0 saturated heterocycles. The topological polar surface area (TPSA) is 97.8 Å². The third-order valence-electron chi connectivity index (χ3n) is 5.91. The number of carbonyl (C=O) groups excluding carboxylic acids is 1. The van der Waals surface area contributed by atoms with Crippen molar-refractivity contribution in [3.63, 3.8) is 0 Å². The zero-order valence-electron chi connectivity index (χ0n) is 18.3. The number of Topliss-reactive ketones (excluding diaryl/α,β-unsaturated/α-hetero) is 1. The number of para-hydroxylation sites is 1. The number of rotatable bonds is 11. The summed E-state index contributed by atoms with van der Waals surface area (Å²) >= 11 is 0. The predicted molar refractivity (Wildman–Crippen MR) is 119 cm³/mol. The number of sulfone groups is 2. The smallest absolute Gasteiger partial charge is 0.176 e. The molecule has 7 nitrogen and oxygen atoms in total. The van der Waals surface area contributed by atoms with Crippen LogP contribution in [0.5, 0.6) is 5.75 Å². The van der Waals surface area contributed by atoms with Gasteiger partial charge in [-0.3, -0.25) is 4.79 Å². The molecule has 0 spiro atoms. The highest BCUT2D eigenvalue weighted by Crippen LogP contribution is 2.45. The molecule has 0 radical (unpaired) electrons. The zero-order valence-corrected chi connectivity index (χ0v) is 19.9. The van der Waals surface area contributed by atoms with E-state index in [9.17, 15) is 21.6 Å². The van der Waals surface area contributed by atoms with E-state index < -0.39 is 31.2 Å². The van der Waals surface area contributed by atoms with E-state index in [2.05, 4.69) is 4.90 Å². The molecule has 0 fully saturated rings. The Morgan fingerprint density at radius 1 is 0.967 bits per heavy atom. The van der Waals surface area contributed by atoms with Crippen LogP contribution in [-0.4, -0.2) is 77.3 Å². The summed E-state index contributed by atoms with van der Waals surface area (Å²) in [4.78, 5) is 15.9. The minimum absolute atomic E-state index is 0.0391. The van der Waals surface area contributed by atoms with Gasteiger partial charge in [-0.1, -0.05) is 26.0 Å². The van der Waals surface area contributed by atoms with Gasteiger partial charge in [0.1, 0.15) is 31.5 Å². The molecule has 1 unspecified atom stereocenters. The average Bonchev–Trinajstić information content (AvgIpc) is 2.66. The molecule has 1 aromatic rings. The third kappa shape index (κ3) is 6.28. The number of ether oxygens (including phenoxy) is 1. The highest BCUT2D eigenvalue weighted by molar-refractivity contribution is 7.90. The number of benzene rings is 1. The number of fused-ring (bicyclic) bond motifs is 1. The molecule has 0 saturated carbocycles. The summed E-state index contributed by atoms with van der Waals surface area (Å²) in [6.07, 6.45) is 2.25. The van der Waals surface area contributed by atoms with Crippen molar-refractivity contribution < 1.29 is 26.4 Å². The number of carbonyl (C=O) groups is 1. The Balaban J connectivity index is 2.51. The maximum Gasteiger partial charge on any atom is 0.176 e. The first-order chi connectivity index (χ1) is 13.9. The fourth-order valence-corrected chi connectivity index (χ4v) is 5.49. The van der Waals surface area contributed by atoms with Crippen molar-refractivity contribution in [1.29, 1.82) is 0 Å². The molecule has 170 valence electrons. The lowest BCUT2D eigenvalue weighted by Gasteiger charge is -2.44. The molecular weight excluding hydrogens is 426 g/mol. The second kappa shape index (κ2) is 9.78. The van der Waals surface area contributed by atoms with Gasteiger partial charge in [0.25, 0.3) is 0 Å². The van der Waals surface area contributed by atoms with Crippen LogP contribution in [-0.2, 0) is 19.7 Å². The summed E-state index contributed by atoms with van der Waals surface area (Å²) in [7, 11) is -6.70. The Labute approximate surface area is 180 Å². The second-order valence-electron chi connectivity index (χ2n) is 8.16. The molecule has 1 atom stereocenters. The van der Waals surface area contributed by atoms with Crippen LogP contribution in [0.25, 0.3) is 0 Å². The van der Waals surface area contributed by atoms with Crippen molar-refractivity contribution in [2.45, 2.75) is 39.2 Å². The molecule has 1 aromatic carbocycles. The maximum absolute atomic E-state index is 13.7. The van der Waals surface area contributed by atoms with Crippen LogP contribution < -0.4 is 4.74 Å². The first kappa shape index (κ1) is 24.8. The second-order valence-corrected chi connectivity index (χ2v) is 12.7. The van der Waals surface area contributed by atoms with Crippen LogP contribution in [0.4, 0.5) is 0 Å². The summed E-state index contributed by atoms with van der Waals surface area (Å²) < 4.78 is 54.1. The lowest BCUT2D eigenvalue weighted by atomic mass is 9.68. The SMILES string of the molecule is CCN(CC)CCC1Oc2ccccc2C(=O)C1(CCS(C)(=O)=O)CCS(C)(=O)=O. The lowest BCUT2D eigenvalue weighted by Crippen LogP contribution is -2.52. The maximum atomic E-state index is 13.7. The fraction of sp³-hybridized carbons (Fsp3) is 0.667. The van der Waals surface area contributed by atoms with Crippen LogP contribution >= 0.6 is 0 Å². The van der Waals surface area contributed by atoms with Crippen molar-refractivity contribution in [2.75, 3.05) is 43.7 Å². The van der Waals surface area contributed by atoms with E-state index in [1.54, 1.807) is 24.3 Å². The molecule has 2 rings (SSSR count). The Hall–Kier alpha value is -1.45. The molecule has 1 aliphatic rings. The molecule has 0 bridgehead atoms. The van der Waals surface area contributed by atoms with E-state index in [0.717, 1.165) is 25.6 Å². The summed E-state index contributed by atoms with van der Waals surface area (Å²) in [6.45, 7) is 6.45. The first-order valence-electron chi connectivity index (χ1n) is 10.3. The zero-order chi connectivity index (χ0) is 22.6. The van der Waals surface area contributed by atoms with Gasteiger partial charge in [-0.25, -0.2) is 16.8 Å². The summed E-state index contributed by atoms with van der Waals surface area (Å²) in [5.74, 6) is -0.145. The van der Waals surface area contributed by atoms with Gasteiger partial charge in [0.05, 0.1) is 22.5 Å². The van der Waals surface area contributed by atoms with E-state index in [0.29, 0.717) is 24.3 Å². The number of ketones is 1. The highest BCUT2D eigenvalue weighted by Gasteiger charge is 2.51. The van der Waals surface area contributed by atoms with E-state index in [1.807, 2.05) is 13.8 Å². The van der Waals surface area contributed by atoms with Gasteiger partial charge in [0, 0.05) is 19.1 Å². The van der Waals surface area contributed by atoms with Crippen LogP contribution in [0.1, 0.15) is 43.5 Å². The van der Waals surface area contributed by atoms with Crippen molar-refractivity contribution in [3.05, 3.63) is 29.8 Å². The van der Waals surface area contributed by atoms with Gasteiger partial charge in [-0.15, -0.1) is 0 Å². The van der Waals surface area contributed by atoms with Gasteiger partial charge >= 0.3 is 0 Å². The van der Waals surface area contributed by atoms with Crippen molar-refractivity contribution >= 4 is 25.5 Å². The first-order valence-corrected chi connectivity index (χ1v) is 14.4. The van der Waals surface area contributed by atoms with Crippen molar-refractivity contribution in [2.24, 2.45) is 5.41 Å². The number of nitrogens with zero attached hydrogens (tertiary/aromatic N) is 1. The minimum atomic E-state index is -3.35. The van der Waals surface area contributed by atoms with Crippen LogP contribution in [0.3, 0.4) is 0 Å². The molecule has 0 aromatic heterocycles. The number of hydrogen-bond acceptors (Lipinski definition) is 7. The average molecular weight is 460 g/mol. The Kier molecular flexibility index (Phi) is 8.09. The Morgan fingerprint density at radius 3 is 2.00 bits per heavy atom. The molecule has 0 aliphatic carbocycles. The van der Waals surface area contributed by atoms with Gasteiger partial charge in [-0.05, 0) is 44.5 Å². The van der Waals surface area contributed by atoms with E-state index in [4.69, 9.17) is 4.74 Å². The van der Waals surface area contributed by atoms with Gasteiger partial charge in [-0.2, -0.15) is 0 Å². The standard InChI is InChI=1S/C21H33NO6S2/c1-5-22(6-2)14-11-19-21(12-15-29(3,24)25,13-16-30(4,26)27)20(23)17-9-7-8-10-18(17)28-19/h7-10,19H,5-6,11-16H2,1-4H3. The van der Waals surface area contributed by atoms with Crippen molar-refractivity contribution in [3.8, 4) is 5.75 Å². The van der Waals surface area contributed by atoms with Crippen LogP contribution in [0.15, 0.2) is 24.3 Å². The number of hydrogen-bond donors (Lipinski definition) is 0. The summed E-state index contributed by atoms with van der Waals surface area (Å²) in [6, 6.07) is 6.91. The summed E-state index contributed by atoms with van der Waals surface area (Å²) in [5, 5.41) is 0. The third-order valence-corrected chi connectivity index (χ3v) is 7.80. The normalized spacial score (nSPS) is 18.8. The van der Waals surface area contributed by atoms with Crippen LogP contribution in [0, 0.1) is 5.41 Å². The molecule has 30 heavy (non-hydrogen) atoms. The molecule has 0 amide bonds. The highest BCUT2D eigenvalue weighted by atomic mass is 32.2. The Morgan fingerprint density at radius 2 is 1.50 bits per heavy atom. The molecule has 9 heteroatoms. The van der Waals surface area contributed by atoms with Crippen LogP contribution in [0.2, 0.25) is 0 Å². The molecule has 0 N–H and O–H groups in total. The quantitative estimate of drug-likeness (QED) is 0.500. The Bertz CT molecular complexity index is 915. The fourth-order valence-electron chi connectivity index (χ4n) is 4.02. The summed E-state index contributed by atoms with van der Waals surface area (Å²) in [5.41, 5.74) is -0.813. The largest absolute Gasteiger partial charge is 0.489 e. The monoisotopic (exact) mass is 459 g/mol. The van der Waals surface area contributed by atoms with Gasteiger partial charge < -0.3 is 9.64 Å². The lowest BCUT2D eigenvalue weighted by molar-refractivity contribution is 0.0145. The van der Waals surface area contributed by atoms with E-state index in [1.165, 1.54) is 0 Å².